The maximum atomic E-state index is 12.5. The highest BCUT2D eigenvalue weighted by Crippen LogP contribution is 2.22. The normalized spacial score (nSPS) is 15.6. The molecule has 32 heavy (non-hydrogen) atoms. The van der Waals surface area contributed by atoms with Gasteiger partial charge >= 0.3 is 6.09 Å². The molecule has 0 spiro atoms. The van der Waals surface area contributed by atoms with Crippen LogP contribution < -0.4 is 10.0 Å². The fourth-order valence-corrected chi connectivity index (χ4v) is 5.14. The van der Waals surface area contributed by atoms with Gasteiger partial charge in [0.2, 0.25) is 15.9 Å². The van der Waals surface area contributed by atoms with E-state index < -0.39 is 15.6 Å². The lowest BCUT2D eigenvalue weighted by molar-refractivity contribution is -0.122. The van der Waals surface area contributed by atoms with Crippen LogP contribution in [0, 0.1) is 5.92 Å². The van der Waals surface area contributed by atoms with E-state index in [-0.39, 0.29) is 36.3 Å². The van der Waals surface area contributed by atoms with Gasteiger partial charge in [-0.2, -0.15) is 0 Å². The average molecular weight is 468 g/mol. The zero-order valence-corrected chi connectivity index (χ0v) is 20.6. The standard InChI is InChI=1S/C23H37N3O5S/c1-17(2)25-32(29,30)16-20-9-7-6-8-19(20)15-24-21(27)14-18-10-12-26(13-11-18)22(28)31-23(3,4)5/h6-9,17-18,25H,10-16H2,1-5H3,(H,24,27). The van der Waals surface area contributed by atoms with E-state index in [0.29, 0.717) is 25.1 Å². The van der Waals surface area contributed by atoms with Crippen LogP contribution in [0.5, 0.6) is 0 Å². The maximum absolute atomic E-state index is 12.5. The Bertz CT molecular complexity index is 885. The van der Waals surface area contributed by atoms with Crippen LogP contribution in [-0.2, 0) is 31.9 Å². The van der Waals surface area contributed by atoms with Crippen molar-refractivity contribution in [3.05, 3.63) is 35.4 Å². The second-order valence-electron chi connectivity index (χ2n) is 9.69. The molecule has 0 unspecified atom stereocenters. The van der Waals surface area contributed by atoms with Crippen molar-refractivity contribution in [3.63, 3.8) is 0 Å². The molecule has 0 aromatic heterocycles. The maximum Gasteiger partial charge on any atom is 0.410 e. The smallest absolute Gasteiger partial charge is 0.410 e. The third-order valence-corrected chi connectivity index (χ3v) is 6.62. The Morgan fingerprint density at radius 3 is 2.28 bits per heavy atom. The first-order valence-electron chi connectivity index (χ1n) is 11.2. The summed E-state index contributed by atoms with van der Waals surface area (Å²) in [5.74, 6) is 0.0126. The van der Waals surface area contributed by atoms with E-state index in [2.05, 4.69) is 10.0 Å². The predicted molar refractivity (Wildman–Crippen MR) is 124 cm³/mol. The molecule has 1 aromatic carbocycles. The fourth-order valence-electron chi connectivity index (χ4n) is 3.65. The Hall–Kier alpha value is -2.13. The molecule has 2 N–H and O–H groups in total. The molecule has 0 saturated carbocycles. The van der Waals surface area contributed by atoms with Crippen molar-refractivity contribution in [2.45, 2.75) is 77.8 Å². The average Bonchev–Trinajstić information content (AvgIpc) is 2.65. The summed E-state index contributed by atoms with van der Waals surface area (Å²) in [6.07, 6.45) is 1.58. The van der Waals surface area contributed by atoms with Crippen LogP contribution in [0.1, 0.15) is 65.0 Å². The van der Waals surface area contributed by atoms with Crippen molar-refractivity contribution in [1.82, 2.24) is 14.9 Å². The number of carbonyl (C=O) groups excluding carboxylic acids is 2. The molecule has 0 radical (unpaired) electrons. The molecule has 1 heterocycles. The van der Waals surface area contributed by atoms with Crippen molar-refractivity contribution in [3.8, 4) is 0 Å². The number of hydrogen-bond acceptors (Lipinski definition) is 5. The molecule has 0 atom stereocenters. The molecular formula is C23H37N3O5S. The van der Waals surface area contributed by atoms with Gasteiger partial charge in [0.05, 0.1) is 5.75 Å². The summed E-state index contributed by atoms with van der Waals surface area (Å²) in [4.78, 5) is 26.3. The second-order valence-corrected chi connectivity index (χ2v) is 11.4. The topological polar surface area (TPSA) is 105 Å². The van der Waals surface area contributed by atoms with Gasteiger partial charge < -0.3 is 15.0 Å². The number of likely N-dealkylation sites (tertiary alicyclic amines) is 1. The summed E-state index contributed by atoms with van der Waals surface area (Å²) >= 11 is 0. The quantitative estimate of drug-likeness (QED) is 0.611. The van der Waals surface area contributed by atoms with Crippen LogP contribution in [0.25, 0.3) is 0 Å². The number of sulfonamides is 1. The fraction of sp³-hybridized carbons (Fsp3) is 0.652. The summed E-state index contributed by atoms with van der Waals surface area (Å²) in [7, 11) is -3.45. The molecular weight excluding hydrogens is 430 g/mol. The minimum absolute atomic E-state index is 0.0707. The number of ether oxygens (including phenoxy) is 1. The first kappa shape index (κ1) is 26.1. The molecule has 1 saturated heterocycles. The monoisotopic (exact) mass is 467 g/mol. The number of amides is 2. The van der Waals surface area contributed by atoms with Gasteiger partial charge in [-0.1, -0.05) is 24.3 Å². The lowest BCUT2D eigenvalue weighted by Crippen LogP contribution is -2.42. The summed E-state index contributed by atoms with van der Waals surface area (Å²) in [5, 5.41) is 2.92. The van der Waals surface area contributed by atoms with E-state index in [0.717, 1.165) is 18.4 Å². The zero-order valence-electron chi connectivity index (χ0n) is 19.8. The van der Waals surface area contributed by atoms with Gasteiger partial charge in [-0.05, 0) is 64.5 Å². The highest BCUT2D eigenvalue weighted by Gasteiger charge is 2.27. The second kappa shape index (κ2) is 11.1. The first-order valence-corrected chi connectivity index (χ1v) is 12.8. The number of nitrogens with one attached hydrogen (secondary N) is 2. The number of benzene rings is 1. The van der Waals surface area contributed by atoms with Gasteiger partial charge in [-0.15, -0.1) is 0 Å². The number of carbonyl (C=O) groups is 2. The summed E-state index contributed by atoms with van der Waals surface area (Å²) < 4.78 is 32.6. The van der Waals surface area contributed by atoms with E-state index in [1.165, 1.54) is 0 Å². The van der Waals surface area contributed by atoms with E-state index >= 15 is 0 Å². The highest BCUT2D eigenvalue weighted by molar-refractivity contribution is 7.88. The molecule has 180 valence electrons. The number of hydrogen-bond donors (Lipinski definition) is 2. The largest absolute Gasteiger partial charge is 0.444 e. The highest BCUT2D eigenvalue weighted by atomic mass is 32.2. The Morgan fingerprint density at radius 2 is 1.72 bits per heavy atom. The first-order chi connectivity index (χ1) is 14.8. The lowest BCUT2D eigenvalue weighted by atomic mass is 9.93. The third kappa shape index (κ3) is 9.16. The molecule has 8 nitrogen and oxygen atoms in total. The van der Waals surface area contributed by atoms with Gasteiger partial charge in [0, 0.05) is 32.1 Å². The molecule has 1 aliphatic heterocycles. The van der Waals surface area contributed by atoms with Crippen molar-refractivity contribution in [2.24, 2.45) is 5.92 Å². The van der Waals surface area contributed by atoms with Crippen LogP contribution in [-0.4, -0.2) is 50.1 Å². The molecule has 2 amide bonds. The van der Waals surface area contributed by atoms with Crippen molar-refractivity contribution < 1.29 is 22.7 Å². The predicted octanol–water partition coefficient (Wildman–Crippen LogP) is 3.17. The number of nitrogens with zero attached hydrogens (tertiary/aromatic N) is 1. The van der Waals surface area contributed by atoms with Crippen LogP contribution >= 0.6 is 0 Å². The number of rotatable bonds is 8. The molecule has 1 fully saturated rings. The van der Waals surface area contributed by atoms with Crippen molar-refractivity contribution >= 4 is 22.0 Å². The zero-order chi connectivity index (χ0) is 23.9. The van der Waals surface area contributed by atoms with E-state index in [1.54, 1.807) is 30.9 Å². The van der Waals surface area contributed by atoms with Gasteiger partial charge in [0.25, 0.3) is 0 Å². The third-order valence-electron chi connectivity index (χ3n) is 5.10. The van der Waals surface area contributed by atoms with Gasteiger partial charge in [-0.25, -0.2) is 17.9 Å². The van der Waals surface area contributed by atoms with E-state index in [1.807, 2.05) is 32.9 Å². The van der Waals surface area contributed by atoms with Crippen LogP contribution in [0.2, 0.25) is 0 Å². The SMILES string of the molecule is CC(C)NS(=O)(=O)Cc1ccccc1CNC(=O)CC1CCN(C(=O)OC(C)(C)C)CC1. The van der Waals surface area contributed by atoms with Crippen molar-refractivity contribution in [2.75, 3.05) is 13.1 Å². The van der Waals surface area contributed by atoms with Gasteiger partial charge in [0.1, 0.15) is 5.60 Å². The summed E-state index contributed by atoms with van der Waals surface area (Å²) in [5.41, 5.74) is 0.940. The molecule has 9 heteroatoms. The lowest BCUT2D eigenvalue weighted by Gasteiger charge is -2.33. The Labute approximate surface area is 192 Å². The molecule has 1 aliphatic rings. The number of piperidine rings is 1. The Kier molecular flexibility index (Phi) is 9.09. The van der Waals surface area contributed by atoms with Gasteiger partial charge in [-0.3, -0.25) is 4.79 Å². The van der Waals surface area contributed by atoms with Crippen LogP contribution in [0.15, 0.2) is 24.3 Å². The Balaban J connectivity index is 1.83. The van der Waals surface area contributed by atoms with Gasteiger partial charge in [0.15, 0.2) is 0 Å². The molecule has 1 aromatic rings. The minimum Gasteiger partial charge on any atom is -0.444 e. The molecule has 0 bridgehead atoms. The van der Waals surface area contributed by atoms with Crippen LogP contribution in [0.4, 0.5) is 4.79 Å². The van der Waals surface area contributed by atoms with Crippen molar-refractivity contribution in [1.29, 1.82) is 0 Å². The minimum atomic E-state index is -3.45. The summed E-state index contributed by atoms with van der Waals surface area (Å²) in [6.45, 7) is 10.5. The molecule has 2 rings (SSSR count). The Morgan fingerprint density at radius 1 is 1.12 bits per heavy atom. The van der Waals surface area contributed by atoms with E-state index in [9.17, 15) is 18.0 Å². The van der Waals surface area contributed by atoms with Crippen LogP contribution in [0.3, 0.4) is 0 Å². The van der Waals surface area contributed by atoms with E-state index in [4.69, 9.17) is 4.74 Å². The molecule has 0 aliphatic carbocycles. The summed E-state index contributed by atoms with van der Waals surface area (Å²) in [6, 6.07) is 7.06.